The van der Waals surface area contributed by atoms with Crippen LogP contribution < -0.4 is 9.47 Å². The molecule has 1 aliphatic heterocycles. The van der Waals surface area contributed by atoms with E-state index >= 15 is 0 Å². The SMILES string of the molecule is COc1cc(C=NN2C(=O)[C@@H]3[C@H](C2=O)[C@H]2C=C[C@H]3C2)cc(Cl)c1OC(C)=O. The van der Waals surface area contributed by atoms with Crippen molar-refractivity contribution in [3.8, 4) is 11.5 Å². The molecule has 8 heteroatoms. The number of imide groups is 1. The van der Waals surface area contributed by atoms with Crippen molar-refractivity contribution in [3.05, 3.63) is 34.9 Å². The van der Waals surface area contributed by atoms with Crippen molar-refractivity contribution in [1.29, 1.82) is 0 Å². The fourth-order valence-electron chi connectivity index (χ4n) is 4.18. The second kappa shape index (κ2) is 6.49. The van der Waals surface area contributed by atoms with Crippen LogP contribution in [0.15, 0.2) is 29.4 Å². The Bertz CT molecular complexity index is 880. The number of ether oxygens (including phenoxy) is 2. The van der Waals surface area contributed by atoms with E-state index in [0.717, 1.165) is 11.4 Å². The summed E-state index contributed by atoms with van der Waals surface area (Å²) in [5, 5.41) is 5.22. The number of carbonyl (C=O) groups is 3. The molecule has 2 fully saturated rings. The van der Waals surface area contributed by atoms with Gasteiger partial charge in [0.15, 0.2) is 11.5 Å². The Morgan fingerprint density at radius 3 is 2.41 bits per heavy atom. The maximum absolute atomic E-state index is 12.6. The number of allylic oxidation sites excluding steroid dienone is 2. The number of halogens is 1. The van der Waals surface area contributed by atoms with Crippen LogP contribution in [0.5, 0.6) is 11.5 Å². The molecule has 2 bridgehead atoms. The number of benzene rings is 1. The van der Waals surface area contributed by atoms with Gasteiger partial charge in [0.25, 0.3) is 11.8 Å². The maximum Gasteiger partial charge on any atom is 0.308 e. The number of amides is 2. The number of hydrazone groups is 1. The third-order valence-electron chi connectivity index (χ3n) is 5.27. The second-order valence-corrected chi connectivity index (χ2v) is 7.27. The molecule has 1 heterocycles. The van der Waals surface area contributed by atoms with Gasteiger partial charge in [0, 0.05) is 6.92 Å². The average Bonchev–Trinajstić information content (AvgIpc) is 3.29. The van der Waals surface area contributed by atoms with Crippen molar-refractivity contribution in [2.75, 3.05) is 7.11 Å². The largest absolute Gasteiger partial charge is 0.493 e. The molecule has 4 rings (SSSR count). The zero-order valence-corrected chi connectivity index (χ0v) is 15.5. The predicted octanol–water partition coefficient (Wildman–Crippen LogP) is 2.41. The van der Waals surface area contributed by atoms with E-state index in [-0.39, 0.29) is 52.0 Å². The predicted molar refractivity (Wildman–Crippen MR) is 96.5 cm³/mol. The van der Waals surface area contributed by atoms with Gasteiger partial charge >= 0.3 is 5.97 Å². The van der Waals surface area contributed by atoms with E-state index in [9.17, 15) is 14.4 Å². The van der Waals surface area contributed by atoms with Crippen LogP contribution in [0, 0.1) is 23.7 Å². The van der Waals surface area contributed by atoms with Gasteiger partial charge in [0.1, 0.15) is 0 Å². The van der Waals surface area contributed by atoms with Gasteiger partial charge in [-0.05, 0) is 36.0 Å². The van der Waals surface area contributed by atoms with Gasteiger partial charge in [-0.15, -0.1) is 0 Å². The van der Waals surface area contributed by atoms with Crippen LogP contribution in [0.3, 0.4) is 0 Å². The lowest BCUT2D eigenvalue weighted by Crippen LogP contribution is -2.28. The lowest BCUT2D eigenvalue weighted by Gasteiger charge is -2.13. The minimum absolute atomic E-state index is 0.106. The summed E-state index contributed by atoms with van der Waals surface area (Å²) >= 11 is 6.16. The summed E-state index contributed by atoms with van der Waals surface area (Å²) in [4.78, 5) is 36.4. The summed E-state index contributed by atoms with van der Waals surface area (Å²) in [6.07, 6.45) is 6.30. The minimum Gasteiger partial charge on any atom is -0.493 e. The van der Waals surface area contributed by atoms with E-state index in [2.05, 4.69) is 5.10 Å². The van der Waals surface area contributed by atoms with Crippen molar-refractivity contribution >= 4 is 35.6 Å². The van der Waals surface area contributed by atoms with E-state index in [1.54, 1.807) is 6.07 Å². The van der Waals surface area contributed by atoms with Gasteiger partial charge < -0.3 is 9.47 Å². The van der Waals surface area contributed by atoms with Gasteiger partial charge in [0.05, 0.1) is 30.2 Å². The van der Waals surface area contributed by atoms with Crippen molar-refractivity contribution in [2.24, 2.45) is 28.8 Å². The summed E-state index contributed by atoms with van der Waals surface area (Å²) in [5.74, 6) is -1.02. The summed E-state index contributed by atoms with van der Waals surface area (Å²) in [6.45, 7) is 1.26. The summed E-state index contributed by atoms with van der Waals surface area (Å²) in [7, 11) is 1.41. The lowest BCUT2D eigenvalue weighted by molar-refractivity contribution is -0.140. The molecule has 0 spiro atoms. The molecule has 1 saturated carbocycles. The Morgan fingerprint density at radius 1 is 1.22 bits per heavy atom. The van der Waals surface area contributed by atoms with Crippen LogP contribution in [-0.4, -0.2) is 36.1 Å². The van der Waals surface area contributed by atoms with Gasteiger partial charge in [0.2, 0.25) is 0 Å². The van der Waals surface area contributed by atoms with Gasteiger partial charge in [-0.1, -0.05) is 23.8 Å². The van der Waals surface area contributed by atoms with Crippen LogP contribution >= 0.6 is 11.6 Å². The first-order chi connectivity index (χ1) is 12.9. The van der Waals surface area contributed by atoms with E-state index in [1.807, 2.05) is 12.2 Å². The number of carbonyl (C=O) groups excluding carboxylic acids is 3. The first-order valence-corrected chi connectivity index (χ1v) is 8.94. The zero-order valence-electron chi connectivity index (χ0n) is 14.7. The van der Waals surface area contributed by atoms with Crippen LogP contribution in [0.2, 0.25) is 5.02 Å². The van der Waals surface area contributed by atoms with Crippen molar-refractivity contribution < 1.29 is 23.9 Å². The Kier molecular flexibility index (Phi) is 4.26. The molecule has 3 aliphatic rings. The number of fused-ring (bicyclic) bond motifs is 5. The first kappa shape index (κ1) is 17.7. The van der Waals surface area contributed by atoms with Crippen molar-refractivity contribution in [2.45, 2.75) is 13.3 Å². The Labute approximate surface area is 160 Å². The average molecular weight is 389 g/mol. The highest BCUT2D eigenvalue weighted by Gasteiger charge is 2.59. The fraction of sp³-hybridized carbons (Fsp3) is 0.368. The number of nitrogens with zero attached hydrogens (tertiary/aromatic N) is 2. The van der Waals surface area contributed by atoms with Crippen molar-refractivity contribution in [1.82, 2.24) is 5.01 Å². The topological polar surface area (TPSA) is 85.3 Å². The Morgan fingerprint density at radius 2 is 1.85 bits per heavy atom. The van der Waals surface area contributed by atoms with Crippen LogP contribution in [0.4, 0.5) is 0 Å². The van der Waals surface area contributed by atoms with E-state index in [1.165, 1.54) is 26.3 Å². The van der Waals surface area contributed by atoms with Gasteiger partial charge in [-0.3, -0.25) is 14.4 Å². The normalized spacial score (nSPS) is 28.3. The number of hydrogen-bond acceptors (Lipinski definition) is 6. The summed E-state index contributed by atoms with van der Waals surface area (Å²) in [5.41, 5.74) is 0.506. The van der Waals surface area contributed by atoms with Crippen LogP contribution in [-0.2, 0) is 14.4 Å². The smallest absolute Gasteiger partial charge is 0.308 e. The molecule has 2 amide bonds. The van der Waals surface area contributed by atoms with Gasteiger partial charge in [-0.2, -0.15) is 10.1 Å². The summed E-state index contributed by atoms with van der Waals surface area (Å²) in [6, 6.07) is 3.08. The van der Waals surface area contributed by atoms with E-state index < -0.39 is 5.97 Å². The number of methoxy groups -OCH3 is 1. The molecule has 0 N–H and O–H groups in total. The Hall–Kier alpha value is -2.67. The lowest BCUT2D eigenvalue weighted by atomic mass is 9.85. The quantitative estimate of drug-likeness (QED) is 0.260. The fourth-order valence-corrected chi connectivity index (χ4v) is 4.44. The highest BCUT2D eigenvalue weighted by atomic mass is 35.5. The van der Waals surface area contributed by atoms with Crippen LogP contribution in [0.1, 0.15) is 18.9 Å². The maximum atomic E-state index is 12.6. The number of hydrogen-bond donors (Lipinski definition) is 0. The molecule has 1 saturated heterocycles. The molecule has 0 radical (unpaired) electrons. The first-order valence-electron chi connectivity index (χ1n) is 8.56. The number of esters is 1. The highest BCUT2D eigenvalue weighted by Crippen LogP contribution is 2.52. The standard InChI is InChI=1S/C19H17ClN2O5/c1-9(23)27-17-13(20)5-10(6-14(17)26-2)8-21-22-18(24)15-11-3-4-12(7-11)16(15)19(22)25/h3-6,8,11-12,15-16H,7H2,1-2H3/t11-,12-,15-,16+/m0/s1. The third-order valence-corrected chi connectivity index (χ3v) is 5.55. The molecule has 0 unspecified atom stereocenters. The Balaban J connectivity index is 1.58. The second-order valence-electron chi connectivity index (χ2n) is 6.86. The van der Waals surface area contributed by atoms with E-state index in [4.69, 9.17) is 21.1 Å². The summed E-state index contributed by atoms with van der Waals surface area (Å²) < 4.78 is 10.2. The van der Waals surface area contributed by atoms with Gasteiger partial charge in [-0.25, -0.2) is 0 Å². The molecular weight excluding hydrogens is 372 g/mol. The molecule has 7 nitrogen and oxygen atoms in total. The molecule has 1 aromatic carbocycles. The number of rotatable bonds is 4. The third kappa shape index (κ3) is 2.82. The van der Waals surface area contributed by atoms with Crippen LogP contribution in [0.25, 0.3) is 0 Å². The minimum atomic E-state index is -0.528. The molecular formula is C19H17ClN2O5. The monoisotopic (exact) mass is 388 g/mol. The van der Waals surface area contributed by atoms with Crippen molar-refractivity contribution in [3.63, 3.8) is 0 Å². The molecule has 4 atom stereocenters. The molecule has 0 aromatic heterocycles. The molecule has 140 valence electrons. The van der Waals surface area contributed by atoms with E-state index in [0.29, 0.717) is 5.56 Å². The molecule has 1 aromatic rings. The molecule has 2 aliphatic carbocycles. The highest BCUT2D eigenvalue weighted by molar-refractivity contribution is 6.32. The zero-order chi connectivity index (χ0) is 19.3. The molecule has 27 heavy (non-hydrogen) atoms.